The van der Waals surface area contributed by atoms with Crippen LogP contribution in [0.1, 0.15) is 65.7 Å². The molecule has 4 rings (SSSR count). The first kappa shape index (κ1) is 18.4. The van der Waals surface area contributed by atoms with E-state index in [1.165, 1.54) is 0 Å². The van der Waals surface area contributed by atoms with Gasteiger partial charge in [-0.25, -0.2) is 0 Å². The van der Waals surface area contributed by atoms with Gasteiger partial charge in [-0.2, -0.15) is 0 Å². The molecule has 144 valence electrons. The second-order valence-electron chi connectivity index (χ2n) is 9.53. The van der Waals surface area contributed by atoms with E-state index in [-0.39, 0.29) is 46.2 Å². The van der Waals surface area contributed by atoms with Crippen molar-refractivity contribution >= 4 is 17.3 Å². The van der Waals surface area contributed by atoms with E-state index >= 15 is 0 Å². The highest BCUT2D eigenvalue weighted by Gasteiger charge is 2.63. The van der Waals surface area contributed by atoms with Gasteiger partial charge in [-0.1, -0.05) is 24.5 Å². The van der Waals surface area contributed by atoms with Crippen LogP contribution in [0.25, 0.3) is 10.4 Å². The summed E-state index contributed by atoms with van der Waals surface area (Å²) in [6.07, 6.45) is 4.88. The molecule has 0 bridgehead atoms. The fourth-order valence-corrected chi connectivity index (χ4v) is 7.34. The second-order valence-corrected chi connectivity index (χ2v) is 9.53. The summed E-state index contributed by atoms with van der Waals surface area (Å²) >= 11 is 0. The predicted octanol–water partition coefficient (Wildman–Crippen LogP) is 4.54. The standard InChI is InChI=1S/C21H27N3O3/c1-11(25)13-6-7-14-12-4-5-15-19(23-24-22)16(26)8-9-20(15,2)18(12)17(27)10-21(13,14)3/h12-14,18H,4-10H2,1-3H3/t12-,13+,14-,18+,20-,21+/m0/s1. The van der Waals surface area contributed by atoms with Gasteiger partial charge in [0.25, 0.3) is 0 Å². The first-order valence-corrected chi connectivity index (χ1v) is 10.1. The van der Waals surface area contributed by atoms with Crippen LogP contribution in [0.4, 0.5) is 0 Å². The molecule has 0 N–H and O–H groups in total. The lowest BCUT2D eigenvalue weighted by molar-refractivity contribution is -0.148. The van der Waals surface area contributed by atoms with E-state index in [0.717, 1.165) is 24.8 Å². The number of carbonyl (C=O) groups excluding carboxylic acids is 3. The highest BCUT2D eigenvalue weighted by molar-refractivity contribution is 5.98. The smallest absolute Gasteiger partial charge is 0.165 e. The molecule has 0 aromatic carbocycles. The van der Waals surface area contributed by atoms with E-state index in [1.54, 1.807) is 6.92 Å². The van der Waals surface area contributed by atoms with Gasteiger partial charge < -0.3 is 0 Å². The number of azide groups is 1. The van der Waals surface area contributed by atoms with Gasteiger partial charge in [-0.3, -0.25) is 14.4 Å². The molecule has 6 heteroatoms. The van der Waals surface area contributed by atoms with Crippen molar-refractivity contribution in [3.8, 4) is 0 Å². The van der Waals surface area contributed by atoms with Crippen LogP contribution in [0, 0.1) is 34.5 Å². The highest BCUT2D eigenvalue weighted by Crippen LogP contribution is 2.66. The van der Waals surface area contributed by atoms with Crippen LogP contribution in [-0.2, 0) is 14.4 Å². The number of ketones is 3. The van der Waals surface area contributed by atoms with Crippen molar-refractivity contribution in [1.82, 2.24) is 0 Å². The summed E-state index contributed by atoms with van der Waals surface area (Å²) in [6, 6.07) is 0. The summed E-state index contributed by atoms with van der Waals surface area (Å²) < 4.78 is 0. The fourth-order valence-electron chi connectivity index (χ4n) is 7.34. The van der Waals surface area contributed by atoms with E-state index in [1.807, 2.05) is 0 Å². The van der Waals surface area contributed by atoms with E-state index < -0.39 is 5.41 Å². The van der Waals surface area contributed by atoms with Crippen molar-refractivity contribution in [3.63, 3.8) is 0 Å². The predicted molar refractivity (Wildman–Crippen MR) is 99.4 cm³/mol. The van der Waals surface area contributed by atoms with Gasteiger partial charge in [0.15, 0.2) is 5.78 Å². The van der Waals surface area contributed by atoms with Crippen LogP contribution < -0.4 is 0 Å². The Kier molecular flexibility index (Phi) is 4.12. The molecule has 0 spiro atoms. The molecule has 0 saturated heterocycles. The van der Waals surface area contributed by atoms with Gasteiger partial charge in [0.2, 0.25) is 0 Å². The lowest BCUT2D eigenvalue weighted by atomic mass is 9.46. The Bertz CT molecular complexity index is 825. The minimum atomic E-state index is -0.396. The maximum Gasteiger partial charge on any atom is 0.165 e. The van der Waals surface area contributed by atoms with Crippen molar-refractivity contribution in [2.24, 2.45) is 39.6 Å². The minimum Gasteiger partial charge on any atom is -0.300 e. The zero-order valence-corrected chi connectivity index (χ0v) is 16.3. The van der Waals surface area contributed by atoms with E-state index in [9.17, 15) is 14.4 Å². The maximum atomic E-state index is 13.4. The molecule has 0 amide bonds. The first-order chi connectivity index (χ1) is 12.7. The Balaban J connectivity index is 1.79. The van der Waals surface area contributed by atoms with Crippen LogP contribution in [-0.4, -0.2) is 17.3 Å². The summed E-state index contributed by atoms with van der Waals surface area (Å²) in [6.45, 7) is 5.90. The molecule has 0 aromatic rings. The van der Waals surface area contributed by atoms with Crippen LogP contribution in [0.5, 0.6) is 0 Å². The normalized spacial score (nSPS) is 43.5. The molecule has 0 aliphatic heterocycles. The molecular formula is C21H27N3O3. The van der Waals surface area contributed by atoms with Gasteiger partial charge in [0, 0.05) is 29.6 Å². The molecule has 3 saturated carbocycles. The molecule has 27 heavy (non-hydrogen) atoms. The zero-order chi connectivity index (χ0) is 19.6. The topological polar surface area (TPSA) is 100.0 Å². The summed E-state index contributed by atoms with van der Waals surface area (Å²) in [5.74, 6) is 0.863. The molecular weight excluding hydrogens is 342 g/mol. The number of rotatable bonds is 2. The Morgan fingerprint density at radius 3 is 2.59 bits per heavy atom. The Morgan fingerprint density at radius 2 is 1.93 bits per heavy atom. The number of allylic oxidation sites excluding steroid dienone is 1. The molecule has 6 atom stereocenters. The second kappa shape index (κ2) is 6.03. The minimum absolute atomic E-state index is 0.0103. The molecule has 0 heterocycles. The number of carbonyl (C=O) groups is 3. The number of hydrogen-bond acceptors (Lipinski definition) is 4. The van der Waals surface area contributed by atoms with Gasteiger partial charge in [0.1, 0.15) is 11.6 Å². The average Bonchev–Trinajstić information content (AvgIpc) is 2.94. The summed E-state index contributed by atoms with van der Waals surface area (Å²) in [5.41, 5.74) is 9.45. The zero-order valence-electron chi connectivity index (χ0n) is 16.3. The highest BCUT2D eigenvalue weighted by atomic mass is 16.1. The Morgan fingerprint density at radius 1 is 1.19 bits per heavy atom. The van der Waals surface area contributed by atoms with Crippen LogP contribution >= 0.6 is 0 Å². The van der Waals surface area contributed by atoms with Gasteiger partial charge in [0.05, 0.1) is 5.70 Å². The summed E-state index contributed by atoms with van der Waals surface area (Å²) in [5, 5.41) is 3.73. The molecule has 6 nitrogen and oxygen atoms in total. The third-order valence-corrected chi connectivity index (χ3v) is 8.42. The quantitative estimate of drug-likeness (QED) is 0.406. The largest absolute Gasteiger partial charge is 0.300 e. The molecule has 0 radical (unpaired) electrons. The van der Waals surface area contributed by atoms with Crippen molar-refractivity contribution in [2.45, 2.75) is 65.7 Å². The fraction of sp³-hybridized carbons (Fsp3) is 0.762. The molecule has 4 aliphatic carbocycles. The molecule has 0 unspecified atom stereocenters. The van der Waals surface area contributed by atoms with Gasteiger partial charge in [-0.15, -0.1) is 0 Å². The first-order valence-electron chi connectivity index (χ1n) is 10.1. The number of nitrogens with zero attached hydrogens (tertiary/aromatic N) is 3. The number of Topliss-reactive ketones (excluding diaryl/α,β-unsaturated/α-hetero) is 3. The SMILES string of the molecule is CC(=O)[C@H]1CC[C@H]2[C@@H]3CCC4=C(N=[N+]=[N-])C(=O)CC[C@]4(C)[C@H]3C(=O)C[C@]12C. The Hall–Kier alpha value is -1.94. The van der Waals surface area contributed by atoms with Crippen molar-refractivity contribution in [1.29, 1.82) is 0 Å². The lowest BCUT2D eigenvalue weighted by Crippen LogP contribution is -2.55. The van der Waals surface area contributed by atoms with E-state index in [2.05, 4.69) is 23.9 Å². The van der Waals surface area contributed by atoms with Crippen LogP contribution in [0.2, 0.25) is 0 Å². The van der Waals surface area contributed by atoms with Crippen LogP contribution in [0.15, 0.2) is 16.4 Å². The average molecular weight is 369 g/mol. The third kappa shape index (κ3) is 2.39. The van der Waals surface area contributed by atoms with Crippen molar-refractivity contribution < 1.29 is 14.4 Å². The number of fused-ring (bicyclic) bond motifs is 5. The van der Waals surface area contributed by atoms with Crippen molar-refractivity contribution in [3.05, 3.63) is 21.7 Å². The maximum absolute atomic E-state index is 13.4. The molecule has 0 aromatic heterocycles. The Labute approximate surface area is 159 Å². The van der Waals surface area contributed by atoms with Gasteiger partial charge in [-0.05, 0) is 67.2 Å². The summed E-state index contributed by atoms with van der Waals surface area (Å²) in [4.78, 5) is 40.8. The number of hydrogen-bond donors (Lipinski definition) is 0. The summed E-state index contributed by atoms with van der Waals surface area (Å²) in [7, 11) is 0. The van der Waals surface area contributed by atoms with E-state index in [0.29, 0.717) is 31.6 Å². The lowest BCUT2D eigenvalue weighted by Gasteiger charge is -2.57. The van der Waals surface area contributed by atoms with E-state index in [4.69, 9.17) is 5.53 Å². The monoisotopic (exact) mass is 369 g/mol. The van der Waals surface area contributed by atoms with Gasteiger partial charge >= 0.3 is 0 Å². The molecule has 3 fully saturated rings. The molecule has 4 aliphatic rings. The van der Waals surface area contributed by atoms with Crippen molar-refractivity contribution in [2.75, 3.05) is 0 Å². The third-order valence-electron chi connectivity index (χ3n) is 8.42. The van der Waals surface area contributed by atoms with Crippen LogP contribution in [0.3, 0.4) is 0 Å².